The maximum Gasteiger partial charge on any atom is 0.323 e. The first kappa shape index (κ1) is 31.0. The van der Waals surface area contributed by atoms with Crippen molar-refractivity contribution in [2.45, 2.75) is 64.8 Å². The molecule has 41 heavy (non-hydrogen) atoms. The number of aromatic amines is 1. The number of carbonyl (C=O) groups is 1. The Hall–Kier alpha value is -2.94. The van der Waals surface area contributed by atoms with E-state index in [0.717, 1.165) is 6.92 Å². The number of halogens is 1. The number of aliphatic hydroxyl groups excluding tert-OH is 1. The van der Waals surface area contributed by atoms with Gasteiger partial charge < -0.3 is 29.4 Å². The molecule has 1 saturated heterocycles. The summed E-state index contributed by atoms with van der Waals surface area (Å²) < 4.78 is 40.3. The zero-order valence-corrected chi connectivity index (χ0v) is 24.9. The number of benzene rings is 1. The van der Waals surface area contributed by atoms with Gasteiger partial charge in [-0.15, -0.1) is 0 Å². The molecule has 1 aliphatic heterocycles. The van der Waals surface area contributed by atoms with Gasteiger partial charge in [-0.25, -0.2) is 14.5 Å². The normalized spacial score (nSPS) is 25.1. The molecular weight excluding hydrogens is 578 g/mol. The lowest BCUT2D eigenvalue weighted by Gasteiger charge is -2.28. The van der Waals surface area contributed by atoms with Gasteiger partial charge in [0.25, 0.3) is 5.56 Å². The predicted octanol–water partition coefficient (Wildman–Crippen LogP) is 2.58. The van der Waals surface area contributed by atoms with E-state index < -0.39 is 54.9 Å². The van der Waals surface area contributed by atoms with Crippen LogP contribution >= 0.6 is 6.64 Å². The van der Waals surface area contributed by atoms with Gasteiger partial charge in [0.05, 0.1) is 19.5 Å². The van der Waals surface area contributed by atoms with Crippen molar-refractivity contribution in [1.82, 2.24) is 24.6 Å². The van der Waals surface area contributed by atoms with E-state index in [1.807, 2.05) is 20.8 Å². The van der Waals surface area contributed by atoms with E-state index in [2.05, 4.69) is 20.0 Å². The number of alkyl halides is 1. The molecule has 16 heteroatoms. The average Bonchev–Trinajstić information content (AvgIpc) is 3.39. The monoisotopic (exact) mass is 612 g/mol. The van der Waals surface area contributed by atoms with Crippen molar-refractivity contribution < 1.29 is 32.8 Å². The van der Waals surface area contributed by atoms with Gasteiger partial charge >= 0.3 is 12.6 Å². The molecule has 3 heterocycles. The number of H-pyrrole nitrogens is 1. The van der Waals surface area contributed by atoms with Crippen LogP contribution in [0.3, 0.4) is 0 Å². The smallest absolute Gasteiger partial charge is 0.323 e. The number of fused-ring (bicyclic) bond motifs is 1. The van der Waals surface area contributed by atoms with Gasteiger partial charge in [0.15, 0.2) is 23.1 Å². The number of nitrogens with one attached hydrogen (secondary N) is 2. The second kappa shape index (κ2) is 11.7. The van der Waals surface area contributed by atoms with Crippen LogP contribution in [0.4, 0.5) is 10.3 Å². The summed E-state index contributed by atoms with van der Waals surface area (Å²) in [6.45, 7) is 4.79. The Morgan fingerprint density at radius 1 is 1.39 bits per heavy atom. The average molecular weight is 613 g/mol. The molecule has 0 amide bonds. The maximum absolute atomic E-state index is 15.9. The SMILES string of the molecule is C[C@H](NP(=S)(OC[C@H]1O[C@@H](n2cnc3c(=O)[nH]c(N)nc32)[C@](C)(F)[C@@H]1O)Oc1ccccc1)C(=O)OCC(C)(C)C. The van der Waals surface area contributed by atoms with Crippen LogP contribution in [0.15, 0.2) is 41.5 Å². The standard InChI is InChI=1S/C25H34FN6O7PS/c1-14(21(35)36-12-24(2,3)4)31-40(41,39-15-9-7-6-8-10-15)37-11-16-18(33)25(5,26)22(38-16)32-13-28-17-19(32)29-23(27)30-20(17)34/h6-10,13-14,16,18,22,33H,11-12H2,1-5H3,(H,31,41)(H3,27,29,30,34)/t14-,16+,18+,22+,25+,40?/m0/s1. The largest absolute Gasteiger partial charge is 0.464 e. The molecule has 5 N–H and O–H groups in total. The lowest BCUT2D eigenvalue weighted by molar-refractivity contribution is -0.148. The minimum absolute atomic E-state index is 0.0179. The van der Waals surface area contributed by atoms with Crippen molar-refractivity contribution in [3.63, 3.8) is 0 Å². The number of hydrogen-bond donors (Lipinski definition) is 4. The minimum atomic E-state index is -3.49. The van der Waals surface area contributed by atoms with Crippen LogP contribution in [0.25, 0.3) is 11.2 Å². The molecule has 0 aliphatic carbocycles. The molecule has 1 aliphatic rings. The number of ether oxygens (including phenoxy) is 2. The molecule has 0 spiro atoms. The van der Waals surface area contributed by atoms with Crippen LogP contribution in [-0.2, 0) is 30.6 Å². The van der Waals surface area contributed by atoms with Gasteiger partial charge in [-0.05, 0) is 43.2 Å². The summed E-state index contributed by atoms with van der Waals surface area (Å²) in [6, 6.07) is 7.68. The number of aromatic nitrogens is 4. The summed E-state index contributed by atoms with van der Waals surface area (Å²) in [6.07, 6.45) is -3.16. The van der Waals surface area contributed by atoms with E-state index in [-0.39, 0.29) is 29.1 Å². The Bertz CT molecular complexity index is 1500. The number of nitrogens with zero attached hydrogens (tertiary/aromatic N) is 3. The van der Waals surface area contributed by atoms with Gasteiger partial charge in [0, 0.05) is 0 Å². The third-order valence-corrected chi connectivity index (χ3v) is 8.65. The molecule has 224 valence electrons. The third kappa shape index (κ3) is 7.11. The number of anilines is 1. The molecule has 2 aromatic heterocycles. The first-order chi connectivity index (χ1) is 19.1. The Balaban J connectivity index is 1.53. The summed E-state index contributed by atoms with van der Waals surface area (Å²) in [5.41, 5.74) is 2.36. The number of aliphatic hydroxyl groups is 1. The molecule has 0 radical (unpaired) electrons. The van der Waals surface area contributed by atoms with E-state index in [1.54, 1.807) is 37.3 Å². The van der Waals surface area contributed by atoms with Crippen molar-refractivity contribution in [1.29, 1.82) is 0 Å². The Labute approximate surface area is 240 Å². The van der Waals surface area contributed by atoms with Crippen LogP contribution < -0.4 is 20.9 Å². The van der Waals surface area contributed by atoms with E-state index >= 15 is 4.39 Å². The number of esters is 1. The van der Waals surface area contributed by atoms with E-state index in [4.69, 9.17) is 36.1 Å². The molecule has 0 bridgehead atoms. The molecule has 4 rings (SSSR count). The Kier molecular flexibility index (Phi) is 8.88. The zero-order valence-electron chi connectivity index (χ0n) is 23.2. The molecule has 1 aromatic carbocycles. The molecule has 13 nitrogen and oxygen atoms in total. The molecular formula is C25H34FN6O7PS. The topological polar surface area (TPSA) is 176 Å². The maximum atomic E-state index is 15.9. The molecule has 0 saturated carbocycles. The molecule has 1 fully saturated rings. The van der Waals surface area contributed by atoms with Crippen LogP contribution in [0.1, 0.15) is 40.8 Å². The molecule has 3 aromatic rings. The number of rotatable bonds is 10. The van der Waals surface area contributed by atoms with Crippen molar-refractivity contribution >= 4 is 41.5 Å². The fraction of sp³-hybridized carbons (Fsp3) is 0.520. The summed E-state index contributed by atoms with van der Waals surface area (Å²) in [5.74, 6) is -0.377. The number of para-hydroxylation sites is 1. The molecule has 6 atom stereocenters. The first-order valence-electron chi connectivity index (χ1n) is 12.8. The Morgan fingerprint density at radius 2 is 2.07 bits per heavy atom. The van der Waals surface area contributed by atoms with Crippen LogP contribution in [-0.4, -0.2) is 67.7 Å². The summed E-state index contributed by atoms with van der Waals surface area (Å²) in [5, 5.41) is 13.8. The van der Waals surface area contributed by atoms with Crippen molar-refractivity contribution in [3.8, 4) is 5.75 Å². The summed E-state index contributed by atoms with van der Waals surface area (Å²) in [4.78, 5) is 35.2. The van der Waals surface area contributed by atoms with Gasteiger partial charge in [-0.3, -0.25) is 19.1 Å². The van der Waals surface area contributed by atoms with E-state index in [1.165, 1.54) is 10.9 Å². The second-order valence-electron chi connectivity index (χ2n) is 11.1. The number of imidazole rings is 1. The summed E-state index contributed by atoms with van der Waals surface area (Å²) in [7, 11) is 0. The van der Waals surface area contributed by atoms with Gasteiger partial charge in [-0.1, -0.05) is 39.0 Å². The van der Waals surface area contributed by atoms with Crippen LogP contribution in [0.5, 0.6) is 5.75 Å². The quantitative estimate of drug-likeness (QED) is 0.195. The predicted molar refractivity (Wildman–Crippen MR) is 152 cm³/mol. The fourth-order valence-electron chi connectivity index (χ4n) is 4.05. The fourth-order valence-corrected chi connectivity index (χ4v) is 6.47. The van der Waals surface area contributed by atoms with Gasteiger partial charge in [0.2, 0.25) is 5.95 Å². The van der Waals surface area contributed by atoms with Crippen LogP contribution in [0.2, 0.25) is 0 Å². The highest BCUT2D eigenvalue weighted by molar-refractivity contribution is 8.09. The number of hydrogen-bond acceptors (Lipinski definition) is 11. The van der Waals surface area contributed by atoms with Gasteiger partial charge in [-0.2, -0.15) is 4.98 Å². The van der Waals surface area contributed by atoms with Crippen molar-refractivity contribution in [2.75, 3.05) is 18.9 Å². The summed E-state index contributed by atoms with van der Waals surface area (Å²) >= 11 is 5.71. The molecule has 1 unspecified atom stereocenters. The van der Waals surface area contributed by atoms with Gasteiger partial charge in [0.1, 0.15) is 24.0 Å². The Morgan fingerprint density at radius 3 is 2.73 bits per heavy atom. The van der Waals surface area contributed by atoms with Crippen molar-refractivity contribution in [2.24, 2.45) is 5.41 Å². The lowest BCUT2D eigenvalue weighted by Crippen LogP contribution is -2.41. The minimum Gasteiger partial charge on any atom is -0.464 e. The van der Waals surface area contributed by atoms with Crippen LogP contribution in [0, 0.1) is 5.41 Å². The third-order valence-electron chi connectivity index (χ3n) is 6.15. The number of nitrogens with two attached hydrogens (primary N) is 1. The number of nitrogen functional groups attached to an aromatic ring is 1. The highest BCUT2D eigenvalue weighted by atomic mass is 32.5. The highest BCUT2D eigenvalue weighted by Crippen LogP contribution is 2.48. The number of carbonyl (C=O) groups excluding carboxylic acids is 1. The second-order valence-corrected chi connectivity index (χ2v) is 14.3. The first-order valence-corrected chi connectivity index (χ1v) is 15.4. The lowest BCUT2D eigenvalue weighted by atomic mass is 9.98. The zero-order chi connectivity index (χ0) is 30.2. The van der Waals surface area contributed by atoms with Crippen molar-refractivity contribution in [3.05, 3.63) is 47.0 Å². The highest BCUT2D eigenvalue weighted by Gasteiger charge is 2.56. The van der Waals surface area contributed by atoms with E-state index in [0.29, 0.717) is 5.75 Å². The van der Waals surface area contributed by atoms with E-state index in [9.17, 15) is 14.7 Å².